The van der Waals surface area contributed by atoms with Gasteiger partial charge in [-0.05, 0) is 35.7 Å². The van der Waals surface area contributed by atoms with Crippen LogP contribution in [0.3, 0.4) is 0 Å². The molecule has 0 saturated carbocycles. The molecule has 0 aliphatic carbocycles. The van der Waals surface area contributed by atoms with Crippen LogP contribution in [0.15, 0.2) is 48.5 Å². The lowest BCUT2D eigenvalue weighted by molar-refractivity contribution is -0.130. The minimum atomic E-state index is 0.0209. The molecule has 0 spiro atoms. The number of hydrogen-bond acceptors (Lipinski definition) is 3. The summed E-state index contributed by atoms with van der Waals surface area (Å²) < 4.78 is 0. The highest BCUT2D eigenvalue weighted by Gasteiger charge is 2.10. The molecule has 2 aromatic carbocycles. The fraction of sp³-hybridized carbons (Fsp3) is 0.222. The normalized spacial score (nSPS) is 10.0. The molecular formula is C18H18N2O2. The van der Waals surface area contributed by atoms with Crippen LogP contribution in [0.5, 0.6) is 5.75 Å². The summed E-state index contributed by atoms with van der Waals surface area (Å²) in [5.74, 6) is 0.248. The lowest BCUT2D eigenvalue weighted by Crippen LogP contribution is -2.26. The van der Waals surface area contributed by atoms with Crippen LogP contribution in [-0.2, 0) is 17.8 Å². The van der Waals surface area contributed by atoms with Gasteiger partial charge in [-0.25, -0.2) is 0 Å². The van der Waals surface area contributed by atoms with Gasteiger partial charge in [0, 0.05) is 20.0 Å². The maximum atomic E-state index is 12.1. The number of hydrogen-bond donors (Lipinski definition) is 1. The molecule has 0 radical (unpaired) electrons. The molecule has 0 atom stereocenters. The lowest BCUT2D eigenvalue weighted by Gasteiger charge is -2.17. The quantitative estimate of drug-likeness (QED) is 0.922. The maximum absolute atomic E-state index is 12.1. The molecule has 0 unspecified atom stereocenters. The number of aromatic hydroxyl groups is 1. The zero-order valence-electron chi connectivity index (χ0n) is 12.5. The van der Waals surface area contributed by atoms with Crippen LogP contribution < -0.4 is 0 Å². The Bertz CT molecular complexity index is 687. The first-order valence-corrected chi connectivity index (χ1v) is 7.10. The zero-order chi connectivity index (χ0) is 15.9. The van der Waals surface area contributed by atoms with Gasteiger partial charge in [-0.2, -0.15) is 5.26 Å². The molecule has 0 aromatic heterocycles. The van der Waals surface area contributed by atoms with Gasteiger partial charge in [0.1, 0.15) is 5.75 Å². The van der Waals surface area contributed by atoms with Crippen molar-refractivity contribution >= 4 is 5.91 Å². The molecule has 4 heteroatoms. The van der Waals surface area contributed by atoms with Crippen molar-refractivity contribution in [1.82, 2.24) is 4.90 Å². The third-order valence-electron chi connectivity index (χ3n) is 3.53. The van der Waals surface area contributed by atoms with Gasteiger partial charge in [0.25, 0.3) is 0 Å². The summed E-state index contributed by atoms with van der Waals surface area (Å²) in [4.78, 5) is 13.8. The molecule has 1 N–H and O–H groups in total. The van der Waals surface area contributed by atoms with E-state index >= 15 is 0 Å². The minimum Gasteiger partial charge on any atom is -0.508 e. The topological polar surface area (TPSA) is 64.3 Å². The minimum absolute atomic E-state index is 0.0209. The summed E-state index contributed by atoms with van der Waals surface area (Å²) in [6, 6.07) is 16.3. The predicted molar refractivity (Wildman–Crippen MR) is 84.1 cm³/mol. The first-order valence-electron chi connectivity index (χ1n) is 7.10. The maximum Gasteiger partial charge on any atom is 0.222 e. The number of rotatable bonds is 5. The monoisotopic (exact) mass is 294 g/mol. The summed E-state index contributed by atoms with van der Waals surface area (Å²) >= 11 is 0. The second-order valence-electron chi connectivity index (χ2n) is 5.19. The van der Waals surface area contributed by atoms with Crippen LogP contribution in [0.1, 0.15) is 23.1 Å². The van der Waals surface area contributed by atoms with Crippen molar-refractivity contribution in [3.8, 4) is 11.8 Å². The Morgan fingerprint density at radius 1 is 1.18 bits per heavy atom. The van der Waals surface area contributed by atoms with Crippen molar-refractivity contribution in [3.05, 3.63) is 65.2 Å². The van der Waals surface area contributed by atoms with Gasteiger partial charge in [0.2, 0.25) is 5.91 Å². The SMILES string of the molecule is CN(Cc1ccc(C#N)cc1)C(=O)CCc1ccccc1O. The van der Waals surface area contributed by atoms with E-state index in [1.807, 2.05) is 24.3 Å². The van der Waals surface area contributed by atoms with E-state index < -0.39 is 0 Å². The number of carbonyl (C=O) groups is 1. The van der Waals surface area contributed by atoms with E-state index in [1.54, 1.807) is 36.2 Å². The molecule has 0 heterocycles. The van der Waals surface area contributed by atoms with E-state index in [0.29, 0.717) is 24.9 Å². The molecule has 0 aliphatic rings. The van der Waals surface area contributed by atoms with Crippen LogP contribution in [0.2, 0.25) is 0 Å². The Balaban J connectivity index is 1.89. The third kappa shape index (κ3) is 4.10. The number of para-hydroxylation sites is 1. The van der Waals surface area contributed by atoms with Gasteiger partial charge >= 0.3 is 0 Å². The molecule has 4 nitrogen and oxygen atoms in total. The molecule has 0 saturated heterocycles. The van der Waals surface area contributed by atoms with Crippen LogP contribution in [-0.4, -0.2) is 23.0 Å². The number of nitriles is 1. The number of benzene rings is 2. The summed E-state index contributed by atoms with van der Waals surface area (Å²) in [6.45, 7) is 0.505. The lowest BCUT2D eigenvalue weighted by atomic mass is 10.1. The average molecular weight is 294 g/mol. The van der Waals surface area contributed by atoms with Crippen LogP contribution in [0.4, 0.5) is 0 Å². The average Bonchev–Trinajstić information content (AvgIpc) is 2.54. The molecule has 2 rings (SSSR count). The standard InChI is InChI=1S/C18H18N2O2/c1-20(13-15-8-6-14(12-19)7-9-15)18(22)11-10-16-4-2-3-5-17(16)21/h2-9,21H,10-11,13H2,1H3. The summed E-state index contributed by atoms with van der Waals surface area (Å²) in [5.41, 5.74) is 2.37. The fourth-order valence-electron chi connectivity index (χ4n) is 2.20. The molecule has 1 amide bonds. The van der Waals surface area contributed by atoms with Crippen LogP contribution in [0.25, 0.3) is 0 Å². The van der Waals surface area contributed by atoms with E-state index in [9.17, 15) is 9.90 Å². The number of phenolic OH excluding ortho intramolecular Hbond substituents is 1. The Labute approximate surface area is 130 Å². The predicted octanol–water partition coefficient (Wildman–Crippen LogP) is 2.86. The second-order valence-corrected chi connectivity index (χ2v) is 5.19. The molecule has 0 fully saturated rings. The van der Waals surface area contributed by atoms with Gasteiger partial charge in [0.05, 0.1) is 11.6 Å². The summed E-state index contributed by atoms with van der Waals surface area (Å²) in [5, 5.41) is 18.5. The van der Waals surface area contributed by atoms with E-state index in [2.05, 4.69) is 6.07 Å². The van der Waals surface area contributed by atoms with Crippen molar-refractivity contribution < 1.29 is 9.90 Å². The van der Waals surface area contributed by atoms with Gasteiger partial charge in [-0.1, -0.05) is 30.3 Å². The number of carbonyl (C=O) groups excluding carboxylic acids is 1. The Morgan fingerprint density at radius 2 is 1.86 bits per heavy atom. The number of phenols is 1. The molecule has 22 heavy (non-hydrogen) atoms. The second kappa shape index (κ2) is 7.28. The molecule has 112 valence electrons. The molecular weight excluding hydrogens is 276 g/mol. The molecule has 0 bridgehead atoms. The summed E-state index contributed by atoms with van der Waals surface area (Å²) in [6.07, 6.45) is 0.869. The van der Waals surface area contributed by atoms with Gasteiger partial charge in [-0.3, -0.25) is 4.79 Å². The largest absolute Gasteiger partial charge is 0.508 e. The van der Waals surface area contributed by atoms with Gasteiger partial charge in [-0.15, -0.1) is 0 Å². The number of aryl methyl sites for hydroxylation is 1. The highest BCUT2D eigenvalue weighted by Crippen LogP contribution is 2.17. The Kier molecular flexibility index (Phi) is 5.16. The third-order valence-corrected chi connectivity index (χ3v) is 3.53. The summed E-state index contributed by atoms with van der Waals surface area (Å²) in [7, 11) is 1.76. The van der Waals surface area contributed by atoms with E-state index in [1.165, 1.54) is 0 Å². The molecule has 2 aromatic rings. The first-order chi connectivity index (χ1) is 10.6. The zero-order valence-corrected chi connectivity index (χ0v) is 12.5. The van der Waals surface area contributed by atoms with E-state index in [4.69, 9.17) is 5.26 Å². The van der Waals surface area contributed by atoms with Gasteiger partial charge in [0.15, 0.2) is 0 Å². The van der Waals surface area contributed by atoms with Crippen molar-refractivity contribution in [2.75, 3.05) is 7.05 Å². The Morgan fingerprint density at radius 3 is 2.50 bits per heavy atom. The van der Waals surface area contributed by atoms with Crippen LogP contribution in [0, 0.1) is 11.3 Å². The van der Waals surface area contributed by atoms with Crippen molar-refractivity contribution in [2.45, 2.75) is 19.4 Å². The highest BCUT2D eigenvalue weighted by atomic mass is 16.3. The van der Waals surface area contributed by atoms with E-state index in [0.717, 1.165) is 11.1 Å². The number of amides is 1. The smallest absolute Gasteiger partial charge is 0.222 e. The number of nitrogens with zero attached hydrogens (tertiary/aromatic N) is 2. The van der Waals surface area contributed by atoms with Crippen molar-refractivity contribution in [3.63, 3.8) is 0 Å². The first kappa shape index (κ1) is 15.6. The Hall–Kier alpha value is -2.80. The highest BCUT2D eigenvalue weighted by molar-refractivity contribution is 5.76. The van der Waals surface area contributed by atoms with Crippen molar-refractivity contribution in [2.24, 2.45) is 0 Å². The van der Waals surface area contributed by atoms with Gasteiger partial charge < -0.3 is 10.0 Å². The van der Waals surface area contributed by atoms with Crippen molar-refractivity contribution in [1.29, 1.82) is 5.26 Å². The van der Waals surface area contributed by atoms with E-state index in [-0.39, 0.29) is 11.7 Å². The molecule has 0 aliphatic heterocycles. The fourth-order valence-corrected chi connectivity index (χ4v) is 2.20. The van der Waals surface area contributed by atoms with Crippen LogP contribution >= 0.6 is 0 Å².